The van der Waals surface area contributed by atoms with Gasteiger partial charge < -0.3 is 4.55 Å². The second-order valence-electron chi connectivity index (χ2n) is 4.99. The smallest absolute Gasteiger partial charge is 0.115 e. The maximum absolute atomic E-state index is 10.9. The monoisotopic (exact) mass is 219 g/mol. The molecule has 2 atom stereocenters. The molecule has 0 bridgehead atoms. The highest BCUT2D eigenvalue weighted by Gasteiger charge is 2.20. The summed E-state index contributed by atoms with van der Waals surface area (Å²) in [7, 11) is 0. The predicted octanol–water partition coefficient (Wildman–Crippen LogP) is 2.72. The lowest BCUT2D eigenvalue weighted by Gasteiger charge is -2.25. The van der Waals surface area contributed by atoms with E-state index < -0.39 is 11.4 Å². The number of nitrogens with one attached hydrogen (secondary N) is 1. The zero-order chi connectivity index (χ0) is 11.2. The first kappa shape index (κ1) is 14.3. The van der Waals surface area contributed by atoms with E-state index in [1.807, 2.05) is 0 Å². The molecule has 0 aliphatic rings. The summed E-state index contributed by atoms with van der Waals surface area (Å²) in [6, 6.07) is 0. The molecular formula is C11H25NOS. The van der Waals surface area contributed by atoms with Gasteiger partial charge in [-0.15, -0.1) is 4.72 Å². The number of hydrogen-bond donors (Lipinski definition) is 1. The van der Waals surface area contributed by atoms with Crippen molar-refractivity contribution in [3.8, 4) is 0 Å². The third-order valence-corrected chi connectivity index (χ3v) is 3.32. The molecule has 1 N–H and O–H groups in total. The molecule has 0 aromatic rings. The molecule has 2 nitrogen and oxygen atoms in total. The minimum atomic E-state index is -0.878. The standard InChI is InChI=1S/C11H25NOS/c1-6-10(2)7-8-11(3,4)9-12-14(5)13/h10,12H,6-9H2,1-5H3. The molecule has 2 unspecified atom stereocenters. The van der Waals surface area contributed by atoms with Crippen molar-refractivity contribution in [2.75, 3.05) is 12.8 Å². The van der Waals surface area contributed by atoms with E-state index in [1.54, 1.807) is 6.26 Å². The first-order valence-corrected chi connectivity index (χ1v) is 7.00. The van der Waals surface area contributed by atoms with Gasteiger partial charge in [-0.2, -0.15) is 0 Å². The van der Waals surface area contributed by atoms with Crippen LogP contribution in [0.25, 0.3) is 0 Å². The van der Waals surface area contributed by atoms with Crippen LogP contribution in [-0.2, 0) is 11.4 Å². The minimum Gasteiger partial charge on any atom is -0.598 e. The van der Waals surface area contributed by atoms with E-state index in [0.29, 0.717) is 0 Å². The van der Waals surface area contributed by atoms with Gasteiger partial charge in [0.2, 0.25) is 0 Å². The fourth-order valence-corrected chi connectivity index (χ4v) is 1.82. The van der Waals surface area contributed by atoms with Crippen LogP contribution in [0.4, 0.5) is 0 Å². The van der Waals surface area contributed by atoms with E-state index >= 15 is 0 Å². The Bertz CT molecular complexity index is 148. The lowest BCUT2D eigenvalue weighted by Crippen LogP contribution is -2.33. The van der Waals surface area contributed by atoms with Gasteiger partial charge in [0.1, 0.15) is 6.26 Å². The second-order valence-corrected chi connectivity index (χ2v) is 6.19. The lowest BCUT2D eigenvalue weighted by molar-refractivity contribution is 0.297. The Hall–Kier alpha value is 0.270. The molecule has 0 aromatic carbocycles. The molecule has 14 heavy (non-hydrogen) atoms. The zero-order valence-corrected chi connectivity index (χ0v) is 11.0. The largest absolute Gasteiger partial charge is 0.598 e. The zero-order valence-electron chi connectivity index (χ0n) is 10.2. The molecule has 0 aliphatic carbocycles. The molecule has 0 radical (unpaired) electrons. The van der Waals surface area contributed by atoms with Crippen molar-refractivity contribution in [1.82, 2.24) is 4.72 Å². The Labute approximate surface area is 92.2 Å². The van der Waals surface area contributed by atoms with Crippen LogP contribution in [0.5, 0.6) is 0 Å². The highest BCUT2D eigenvalue weighted by atomic mass is 32.2. The van der Waals surface area contributed by atoms with Gasteiger partial charge in [0.25, 0.3) is 0 Å². The Morgan fingerprint density at radius 1 is 1.43 bits per heavy atom. The molecule has 0 rings (SSSR count). The van der Waals surface area contributed by atoms with Crippen LogP contribution in [0.15, 0.2) is 0 Å². The van der Waals surface area contributed by atoms with Gasteiger partial charge in [0.15, 0.2) is 0 Å². The van der Waals surface area contributed by atoms with Crippen molar-refractivity contribution < 1.29 is 4.55 Å². The highest BCUT2D eigenvalue weighted by molar-refractivity contribution is 7.88. The summed E-state index contributed by atoms with van der Waals surface area (Å²) < 4.78 is 13.9. The summed E-state index contributed by atoms with van der Waals surface area (Å²) in [5.74, 6) is 0.807. The van der Waals surface area contributed by atoms with Crippen LogP contribution >= 0.6 is 0 Å². The highest BCUT2D eigenvalue weighted by Crippen LogP contribution is 2.25. The molecule has 0 heterocycles. The molecule has 0 saturated carbocycles. The summed E-state index contributed by atoms with van der Waals surface area (Å²) in [4.78, 5) is 0. The molecule has 0 aliphatic heterocycles. The van der Waals surface area contributed by atoms with E-state index in [4.69, 9.17) is 0 Å². The third-order valence-electron chi connectivity index (χ3n) is 2.76. The first-order valence-electron chi connectivity index (χ1n) is 5.44. The average molecular weight is 219 g/mol. The van der Waals surface area contributed by atoms with Crippen LogP contribution in [0.2, 0.25) is 0 Å². The Morgan fingerprint density at radius 3 is 2.43 bits per heavy atom. The lowest BCUT2D eigenvalue weighted by atomic mass is 9.85. The van der Waals surface area contributed by atoms with Gasteiger partial charge in [-0.1, -0.05) is 40.5 Å². The van der Waals surface area contributed by atoms with Crippen LogP contribution < -0.4 is 4.72 Å². The van der Waals surface area contributed by atoms with Gasteiger partial charge in [0.05, 0.1) is 0 Å². The van der Waals surface area contributed by atoms with Crippen LogP contribution in [0, 0.1) is 11.3 Å². The Morgan fingerprint density at radius 2 is 2.00 bits per heavy atom. The minimum absolute atomic E-state index is 0.259. The maximum Gasteiger partial charge on any atom is 0.115 e. The molecule has 3 heteroatoms. The van der Waals surface area contributed by atoms with Gasteiger partial charge in [0, 0.05) is 17.9 Å². The quantitative estimate of drug-likeness (QED) is 0.668. The number of hydrogen-bond acceptors (Lipinski definition) is 2. The van der Waals surface area contributed by atoms with Gasteiger partial charge in [-0.25, -0.2) is 0 Å². The second kappa shape index (κ2) is 6.70. The molecule has 0 aromatic heterocycles. The normalized spacial score (nSPS) is 16.7. The van der Waals surface area contributed by atoms with Crippen molar-refractivity contribution in [2.45, 2.75) is 47.0 Å². The molecular weight excluding hydrogens is 194 g/mol. The van der Waals surface area contributed by atoms with E-state index in [9.17, 15) is 4.55 Å². The topological polar surface area (TPSA) is 35.1 Å². The van der Waals surface area contributed by atoms with E-state index in [-0.39, 0.29) is 5.41 Å². The number of rotatable bonds is 7. The molecule has 86 valence electrons. The van der Waals surface area contributed by atoms with E-state index in [1.165, 1.54) is 19.3 Å². The molecule has 0 fully saturated rings. The van der Waals surface area contributed by atoms with Crippen LogP contribution in [0.3, 0.4) is 0 Å². The van der Waals surface area contributed by atoms with E-state index in [2.05, 4.69) is 32.4 Å². The van der Waals surface area contributed by atoms with Crippen molar-refractivity contribution in [3.05, 3.63) is 0 Å². The Kier molecular flexibility index (Phi) is 6.83. The fraction of sp³-hybridized carbons (Fsp3) is 1.00. The summed E-state index contributed by atoms with van der Waals surface area (Å²) in [6.07, 6.45) is 5.40. The third kappa shape index (κ3) is 7.65. The summed E-state index contributed by atoms with van der Waals surface area (Å²) in [6.45, 7) is 9.83. The van der Waals surface area contributed by atoms with E-state index in [0.717, 1.165) is 12.5 Å². The first-order chi connectivity index (χ1) is 6.37. The molecule has 0 saturated heterocycles. The van der Waals surface area contributed by atoms with Crippen molar-refractivity contribution >= 4 is 11.4 Å². The maximum atomic E-state index is 10.9. The van der Waals surface area contributed by atoms with Crippen LogP contribution in [-0.4, -0.2) is 17.4 Å². The summed E-state index contributed by atoms with van der Waals surface area (Å²) in [5, 5.41) is 0. The fourth-order valence-electron chi connectivity index (χ4n) is 1.23. The SMILES string of the molecule is CCC(C)CCC(C)(C)CN[S+](C)[O-]. The van der Waals surface area contributed by atoms with Gasteiger partial charge in [-0.3, -0.25) is 0 Å². The summed E-state index contributed by atoms with van der Waals surface area (Å²) >= 11 is -0.878. The van der Waals surface area contributed by atoms with Crippen LogP contribution in [0.1, 0.15) is 47.0 Å². The predicted molar refractivity (Wildman–Crippen MR) is 64.5 cm³/mol. The van der Waals surface area contributed by atoms with Crippen molar-refractivity contribution in [3.63, 3.8) is 0 Å². The van der Waals surface area contributed by atoms with Crippen molar-refractivity contribution in [2.24, 2.45) is 11.3 Å². The average Bonchev–Trinajstić information content (AvgIpc) is 2.11. The Balaban J connectivity index is 3.71. The van der Waals surface area contributed by atoms with Gasteiger partial charge >= 0.3 is 0 Å². The summed E-state index contributed by atoms with van der Waals surface area (Å²) in [5.41, 5.74) is 0.259. The molecule has 0 spiro atoms. The molecule has 0 amide bonds. The van der Waals surface area contributed by atoms with Crippen molar-refractivity contribution in [1.29, 1.82) is 0 Å². The van der Waals surface area contributed by atoms with Gasteiger partial charge in [-0.05, 0) is 17.8 Å².